The van der Waals surface area contributed by atoms with Crippen molar-refractivity contribution in [3.05, 3.63) is 28.2 Å². The topological polar surface area (TPSA) is 70.5 Å². The second-order valence-corrected chi connectivity index (χ2v) is 4.33. The highest BCUT2D eigenvalue weighted by Gasteiger charge is 2.22. The average Bonchev–Trinajstić information content (AvgIpc) is 2.94. The molecule has 0 aromatic carbocycles. The first kappa shape index (κ1) is 13.3. The highest BCUT2D eigenvalue weighted by Crippen LogP contribution is 2.29. The van der Waals surface area contributed by atoms with E-state index in [1.54, 1.807) is 11.4 Å². The third-order valence-corrected chi connectivity index (χ3v) is 3.29. The fourth-order valence-electron chi connectivity index (χ4n) is 1.48. The van der Waals surface area contributed by atoms with E-state index in [4.69, 9.17) is 14.2 Å². The lowest BCUT2D eigenvalue weighted by atomic mass is 10.2. The van der Waals surface area contributed by atoms with Gasteiger partial charge < -0.3 is 14.2 Å². The Morgan fingerprint density at radius 3 is 2.63 bits per heavy atom. The van der Waals surface area contributed by atoms with Gasteiger partial charge in [-0.3, -0.25) is 4.79 Å². The van der Waals surface area contributed by atoms with Crippen molar-refractivity contribution in [3.8, 4) is 17.5 Å². The van der Waals surface area contributed by atoms with Crippen LogP contribution in [-0.4, -0.2) is 37.1 Å². The SMILES string of the molecule is COc1cnc(C(=O)c2sccc2OC)c(OC)n1. The molecule has 0 N–H and O–H groups in total. The van der Waals surface area contributed by atoms with Crippen molar-refractivity contribution < 1.29 is 19.0 Å². The molecule has 0 amide bonds. The number of aromatic nitrogens is 2. The Labute approximate surface area is 114 Å². The van der Waals surface area contributed by atoms with Crippen LogP contribution in [0.1, 0.15) is 15.4 Å². The van der Waals surface area contributed by atoms with E-state index in [2.05, 4.69) is 9.97 Å². The normalized spacial score (nSPS) is 10.1. The van der Waals surface area contributed by atoms with Gasteiger partial charge in [0.2, 0.25) is 17.5 Å². The van der Waals surface area contributed by atoms with Crippen molar-refractivity contribution in [2.45, 2.75) is 0 Å². The van der Waals surface area contributed by atoms with Crippen LogP contribution in [0.25, 0.3) is 0 Å². The molecule has 19 heavy (non-hydrogen) atoms. The van der Waals surface area contributed by atoms with Crippen LogP contribution in [0.2, 0.25) is 0 Å². The summed E-state index contributed by atoms with van der Waals surface area (Å²) in [4.78, 5) is 20.9. The molecule has 2 rings (SSSR count). The minimum Gasteiger partial charge on any atom is -0.495 e. The summed E-state index contributed by atoms with van der Waals surface area (Å²) in [6, 6.07) is 1.72. The molecule has 0 aliphatic rings. The number of carbonyl (C=O) groups excluding carboxylic acids is 1. The van der Waals surface area contributed by atoms with Crippen LogP contribution in [0.3, 0.4) is 0 Å². The quantitative estimate of drug-likeness (QED) is 0.778. The predicted molar refractivity (Wildman–Crippen MR) is 69.4 cm³/mol. The molecule has 0 atom stereocenters. The van der Waals surface area contributed by atoms with Crippen LogP contribution in [0.15, 0.2) is 17.6 Å². The van der Waals surface area contributed by atoms with Crippen molar-refractivity contribution in [2.75, 3.05) is 21.3 Å². The molecule has 0 radical (unpaired) electrons. The second kappa shape index (κ2) is 5.66. The van der Waals surface area contributed by atoms with Gasteiger partial charge in [0.25, 0.3) is 0 Å². The molecule has 0 spiro atoms. The summed E-state index contributed by atoms with van der Waals surface area (Å²) in [6.07, 6.45) is 1.37. The first-order chi connectivity index (χ1) is 9.21. The lowest BCUT2D eigenvalue weighted by molar-refractivity contribution is 0.103. The molecule has 0 aliphatic heterocycles. The lowest BCUT2D eigenvalue weighted by Crippen LogP contribution is -2.08. The predicted octanol–water partition coefficient (Wildman–Crippen LogP) is 1.79. The minimum absolute atomic E-state index is 0.125. The summed E-state index contributed by atoms with van der Waals surface area (Å²) >= 11 is 1.28. The highest BCUT2D eigenvalue weighted by atomic mass is 32.1. The van der Waals surface area contributed by atoms with E-state index in [1.165, 1.54) is 38.9 Å². The molecule has 0 unspecified atom stereocenters. The Kier molecular flexibility index (Phi) is 3.96. The maximum absolute atomic E-state index is 12.4. The van der Waals surface area contributed by atoms with Crippen molar-refractivity contribution in [3.63, 3.8) is 0 Å². The van der Waals surface area contributed by atoms with E-state index >= 15 is 0 Å². The van der Waals surface area contributed by atoms with Crippen LogP contribution < -0.4 is 14.2 Å². The van der Waals surface area contributed by atoms with Crippen molar-refractivity contribution in [2.24, 2.45) is 0 Å². The van der Waals surface area contributed by atoms with Gasteiger partial charge in [-0.05, 0) is 11.4 Å². The number of nitrogens with zero attached hydrogens (tertiary/aromatic N) is 2. The zero-order chi connectivity index (χ0) is 13.8. The van der Waals surface area contributed by atoms with Gasteiger partial charge in [0, 0.05) is 0 Å². The smallest absolute Gasteiger partial charge is 0.247 e. The monoisotopic (exact) mass is 280 g/mol. The zero-order valence-corrected chi connectivity index (χ0v) is 11.5. The summed E-state index contributed by atoms with van der Waals surface area (Å²) in [5, 5.41) is 1.77. The molecule has 2 heterocycles. The number of methoxy groups -OCH3 is 3. The van der Waals surface area contributed by atoms with E-state index in [0.29, 0.717) is 10.6 Å². The summed E-state index contributed by atoms with van der Waals surface area (Å²) < 4.78 is 15.1. The van der Waals surface area contributed by atoms with E-state index < -0.39 is 0 Å². The number of carbonyl (C=O) groups is 1. The molecule has 2 aromatic heterocycles. The van der Waals surface area contributed by atoms with Crippen LogP contribution in [0.5, 0.6) is 17.5 Å². The first-order valence-corrected chi connectivity index (χ1v) is 6.20. The Morgan fingerprint density at radius 2 is 2.00 bits per heavy atom. The maximum atomic E-state index is 12.4. The number of rotatable bonds is 5. The van der Waals surface area contributed by atoms with Gasteiger partial charge in [0.05, 0.1) is 27.5 Å². The molecule has 0 fully saturated rings. The van der Waals surface area contributed by atoms with Crippen LogP contribution in [0, 0.1) is 0 Å². The molecule has 100 valence electrons. The van der Waals surface area contributed by atoms with Gasteiger partial charge in [-0.2, -0.15) is 4.98 Å². The van der Waals surface area contributed by atoms with Gasteiger partial charge >= 0.3 is 0 Å². The third kappa shape index (κ3) is 2.50. The van der Waals surface area contributed by atoms with Gasteiger partial charge in [-0.1, -0.05) is 0 Å². The molecular formula is C12H12N2O4S. The van der Waals surface area contributed by atoms with Crippen LogP contribution in [0.4, 0.5) is 0 Å². The van der Waals surface area contributed by atoms with Crippen molar-refractivity contribution in [1.29, 1.82) is 0 Å². The number of ketones is 1. The second-order valence-electron chi connectivity index (χ2n) is 3.42. The molecule has 0 aliphatic carbocycles. The van der Waals surface area contributed by atoms with Gasteiger partial charge in [-0.25, -0.2) is 4.98 Å². The molecular weight excluding hydrogens is 268 g/mol. The summed E-state index contributed by atoms with van der Waals surface area (Å²) in [7, 11) is 4.40. The standard InChI is InChI=1S/C12H12N2O4S/c1-16-7-4-5-19-11(7)10(15)9-12(18-3)14-8(17-2)6-13-9/h4-6H,1-3H3. The Bertz CT molecular complexity index is 597. The van der Waals surface area contributed by atoms with E-state index in [1.807, 2.05) is 0 Å². The average molecular weight is 280 g/mol. The summed E-state index contributed by atoms with van der Waals surface area (Å²) in [5.41, 5.74) is 0.129. The number of ether oxygens (including phenoxy) is 3. The molecule has 0 saturated carbocycles. The molecule has 7 heteroatoms. The summed E-state index contributed by atoms with van der Waals surface area (Å²) in [5.74, 6) is 0.625. The lowest BCUT2D eigenvalue weighted by Gasteiger charge is -2.07. The first-order valence-electron chi connectivity index (χ1n) is 5.32. The number of hydrogen-bond donors (Lipinski definition) is 0. The van der Waals surface area contributed by atoms with Crippen molar-refractivity contribution >= 4 is 17.1 Å². The number of thiophene rings is 1. The number of hydrogen-bond acceptors (Lipinski definition) is 7. The Balaban J connectivity index is 2.44. The van der Waals surface area contributed by atoms with Gasteiger partial charge in [-0.15, -0.1) is 11.3 Å². The van der Waals surface area contributed by atoms with Crippen LogP contribution in [-0.2, 0) is 0 Å². The third-order valence-electron chi connectivity index (χ3n) is 2.39. The minimum atomic E-state index is -0.293. The highest BCUT2D eigenvalue weighted by molar-refractivity contribution is 7.12. The maximum Gasteiger partial charge on any atom is 0.247 e. The van der Waals surface area contributed by atoms with E-state index in [9.17, 15) is 4.79 Å². The van der Waals surface area contributed by atoms with E-state index in [-0.39, 0.29) is 23.2 Å². The molecule has 6 nitrogen and oxygen atoms in total. The molecule has 0 bridgehead atoms. The molecule has 2 aromatic rings. The van der Waals surface area contributed by atoms with Crippen molar-refractivity contribution in [1.82, 2.24) is 9.97 Å². The van der Waals surface area contributed by atoms with Gasteiger partial charge in [0.1, 0.15) is 10.6 Å². The van der Waals surface area contributed by atoms with E-state index in [0.717, 1.165) is 0 Å². The van der Waals surface area contributed by atoms with Crippen LogP contribution >= 0.6 is 11.3 Å². The Hall–Kier alpha value is -2.15. The fourth-order valence-corrected chi connectivity index (χ4v) is 2.28. The Morgan fingerprint density at radius 1 is 1.21 bits per heavy atom. The largest absolute Gasteiger partial charge is 0.495 e. The zero-order valence-electron chi connectivity index (χ0n) is 10.7. The van der Waals surface area contributed by atoms with Gasteiger partial charge in [0.15, 0.2) is 5.69 Å². The fraction of sp³-hybridized carbons (Fsp3) is 0.250. The summed E-state index contributed by atoms with van der Waals surface area (Å²) in [6.45, 7) is 0. The molecule has 0 saturated heterocycles.